The van der Waals surface area contributed by atoms with Crippen molar-refractivity contribution in [3.8, 4) is 0 Å². The van der Waals surface area contributed by atoms with Gasteiger partial charge < -0.3 is 20.3 Å². The van der Waals surface area contributed by atoms with Crippen LogP contribution < -0.4 is 10.6 Å². The third-order valence-corrected chi connectivity index (χ3v) is 6.47. The van der Waals surface area contributed by atoms with E-state index in [4.69, 9.17) is 4.74 Å². The van der Waals surface area contributed by atoms with Crippen molar-refractivity contribution in [1.29, 1.82) is 0 Å². The fraction of sp³-hybridized carbons (Fsp3) is 0.679. The second kappa shape index (κ2) is 12.9. The lowest BCUT2D eigenvalue weighted by molar-refractivity contribution is -0.142. The quantitative estimate of drug-likeness (QED) is 0.492. The summed E-state index contributed by atoms with van der Waals surface area (Å²) in [6.07, 6.45) is 6.31. The molecule has 2 rings (SSSR count). The number of rotatable bonds is 9. The first-order chi connectivity index (χ1) is 16.4. The van der Waals surface area contributed by atoms with Gasteiger partial charge >= 0.3 is 6.09 Å². The number of alkyl carbamates (subject to hydrolysis) is 1. The maximum atomic E-state index is 13.8. The number of benzene rings is 1. The summed E-state index contributed by atoms with van der Waals surface area (Å²) in [5.74, 6) is -0.445. The van der Waals surface area contributed by atoms with Crippen molar-refractivity contribution in [3.63, 3.8) is 0 Å². The van der Waals surface area contributed by atoms with Crippen LogP contribution in [0.1, 0.15) is 102 Å². The van der Waals surface area contributed by atoms with E-state index in [0.29, 0.717) is 6.54 Å². The fourth-order valence-corrected chi connectivity index (χ4v) is 4.70. The van der Waals surface area contributed by atoms with Crippen molar-refractivity contribution in [1.82, 2.24) is 15.5 Å². The topological polar surface area (TPSA) is 87.7 Å². The largest absolute Gasteiger partial charge is 0.444 e. The van der Waals surface area contributed by atoms with Gasteiger partial charge in [0, 0.05) is 12.6 Å². The molecule has 2 unspecified atom stereocenters. The first-order valence-corrected chi connectivity index (χ1v) is 13.1. The molecule has 1 aliphatic rings. The maximum absolute atomic E-state index is 13.8. The van der Waals surface area contributed by atoms with Crippen LogP contribution in [-0.4, -0.2) is 47.0 Å². The number of nitrogens with one attached hydrogen (secondary N) is 2. The van der Waals surface area contributed by atoms with Crippen LogP contribution in [0.15, 0.2) is 18.2 Å². The zero-order chi connectivity index (χ0) is 26.2. The average Bonchev–Trinajstić information content (AvgIpc) is 2.76. The zero-order valence-electron chi connectivity index (χ0n) is 22.7. The highest BCUT2D eigenvalue weighted by atomic mass is 16.6. The van der Waals surface area contributed by atoms with Crippen LogP contribution in [0.2, 0.25) is 0 Å². The van der Waals surface area contributed by atoms with E-state index in [1.165, 1.54) is 6.42 Å². The number of hydrogen-bond acceptors (Lipinski definition) is 4. The predicted octanol–water partition coefficient (Wildman–Crippen LogP) is 5.34. The number of hydrogen-bond donors (Lipinski definition) is 2. The molecule has 2 N–H and O–H groups in total. The Morgan fingerprint density at radius 1 is 1.09 bits per heavy atom. The highest BCUT2D eigenvalue weighted by molar-refractivity contribution is 5.92. The van der Waals surface area contributed by atoms with Crippen molar-refractivity contribution >= 4 is 17.9 Å². The highest BCUT2D eigenvalue weighted by Gasteiger charge is 2.36. The number of ether oxygens (including phenoxy) is 1. The van der Waals surface area contributed by atoms with Crippen LogP contribution in [-0.2, 0) is 14.3 Å². The molecule has 1 saturated carbocycles. The molecule has 1 aromatic carbocycles. The summed E-state index contributed by atoms with van der Waals surface area (Å²) in [4.78, 5) is 41.6. The SMILES string of the molecule is CCCCN(C(=O)C(C)NC(=O)OC(C)(C)C)C(C(=O)NC1CCCCC1)c1c(C)cccc1C. The lowest BCUT2D eigenvalue weighted by Crippen LogP contribution is -2.53. The van der Waals surface area contributed by atoms with Crippen LogP contribution in [0, 0.1) is 13.8 Å². The molecule has 7 nitrogen and oxygen atoms in total. The van der Waals surface area contributed by atoms with Gasteiger partial charge in [-0.3, -0.25) is 9.59 Å². The lowest BCUT2D eigenvalue weighted by Gasteiger charge is -2.36. The summed E-state index contributed by atoms with van der Waals surface area (Å²) >= 11 is 0. The van der Waals surface area contributed by atoms with Crippen LogP contribution in [0.5, 0.6) is 0 Å². The minimum atomic E-state index is -0.837. The number of carbonyl (C=O) groups is 3. The van der Waals surface area contributed by atoms with E-state index in [-0.39, 0.29) is 17.9 Å². The minimum Gasteiger partial charge on any atom is -0.444 e. The molecule has 1 fully saturated rings. The molecule has 7 heteroatoms. The molecule has 3 amide bonds. The van der Waals surface area contributed by atoms with Crippen molar-refractivity contribution < 1.29 is 19.1 Å². The Morgan fingerprint density at radius 2 is 1.69 bits per heavy atom. The van der Waals surface area contributed by atoms with Crippen molar-refractivity contribution in [3.05, 3.63) is 34.9 Å². The Kier molecular flexibility index (Phi) is 10.6. The molecule has 0 aliphatic heterocycles. The van der Waals surface area contributed by atoms with Gasteiger partial charge in [-0.2, -0.15) is 0 Å². The summed E-state index contributed by atoms with van der Waals surface area (Å²) in [5.41, 5.74) is 2.12. The third-order valence-electron chi connectivity index (χ3n) is 6.47. The van der Waals surface area contributed by atoms with Gasteiger partial charge in [-0.05, 0) is 77.5 Å². The van der Waals surface area contributed by atoms with Gasteiger partial charge in [0.1, 0.15) is 17.7 Å². The Hall–Kier alpha value is -2.57. The molecule has 0 aromatic heterocycles. The molecular weight excluding hydrogens is 442 g/mol. The van der Waals surface area contributed by atoms with Crippen molar-refractivity contribution in [2.24, 2.45) is 0 Å². The molecule has 35 heavy (non-hydrogen) atoms. The van der Waals surface area contributed by atoms with Crippen LogP contribution >= 0.6 is 0 Å². The standard InChI is InChI=1S/C28H45N3O4/c1-8-9-18-31(26(33)21(4)29-27(34)35-28(5,6)7)24(23-19(2)14-13-15-20(23)3)25(32)30-22-16-11-10-12-17-22/h13-15,21-22,24H,8-12,16-18H2,1-7H3,(H,29,34)(H,30,32). The third kappa shape index (κ3) is 8.55. The second-order valence-electron chi connectivity index (χ2n) is 10.8. The maximum Gasteiger partial charge on any atom is 0.408 e. The molecule has 0 radical (unpaired) electrons. The first kappa shape index (κ1) is 28.7. The average molecular weight is 488 g/mol. The minimum absolute atomic E-state index is 0.128. The van der Waals surface area contributed by atoms with Crippen molar-refractivity contribution in [2.45, 2.75) is 117 Å². The van der Waals surface area contributed by atoms with E-state index >= 15 is 0 Å². The van der Waals surface area contributed by atoms with Gasteiger partial charge in [0.2, 0.25) is 11.8 Å². The van der Waals surface area contributed by atoms with Gasteiger partial charge in [-0.15, -0.1) is 0 Å². The van der Waals surface area contributed by atoms with Crippen LogP contribution in [0.25, 0.3) is 0 Å². The molecule has 1 aromatic rings. The number of amides is 3. The summed E-state index contributed by atoms with van der Waals surface area (Å²) < 4.78 is 5.35. The Bertz CT molecular complexity index is 851. The zero-order valence-corrected chi connectivity index (χ0v) is 22.7. The van der Waals surface area contributed by atoms with E-state index in [1.807, 2.05) is 32.0 Å². The van der Waals surface area contributed by atoms with E-state index in [2.05, 4.69) is 17.6 Å². The van der Waals surface area contributed by atoms with Gasteiger partial charge in [-0.25, -0.2) is 4.79 Å². The van der Waals surface area contributed by atoms with Gasteiger partial charge in [0.25, 0.3) is 0 Å². The summed E-state index contributed by atoms with van der Waals surface area (Å²) in [7, 11) is 0. The Morgan fingerprint density at radius 3 is 2.23 bits per heavy atom. The molecule has 2 atom stereocenters. The number of nitrogens with zero attached hydrogens (tertiary/aromatic N) is 1. The normalized spacial score (nSPS) is 16.2. The second-order valence-corrected chi connectivity index (χ2v) is 10.8. The highest BCUT2D eigenvalue weighted by Crippen LogP contribution is 2.30. The lowest BCUT2D eigenvalue weighted by atomic mass is 9.91. The molecule has 0 bridgehead atoms. The monoisotopic (exact) mass is 487 g/mol. The smallest absolute Gasteiger partial charge is 0.408 e. The number of unbranched alkanes of at least 4 members (excludes halogenated alkanes) is 1. The first-order valence-electron chi connectivity index (χ1n) is 13.1. The van der Waals surface area contributed by atoms with Crippen molar-refractivity contribution in [2.75, 3.05) is 6.54 Å². The predicted molar refractivity (Wildman–Crippen MR) is 139 cm³/mol. The van der Waals surface area contributed by atoms with Gasteiger partial charge in [-0.1, -0.05) is 50.8 Å². The summed E-state index contributed by atoms with van der Waals surface area (Å²) in [5, 5.41) is 5.91. The van der Waals surface area contributed by atoms with Gasteiger partial charge in [0.15, 0.2) is 0 Å². The van der Waals surface area contributed by atoms with E-state index < -0.39 is 23.8 Å². The van der Waals surface area contributed by atoms with E-state index in [1.54, 1.807) is 32.6 Å². The molecular formula is C28H45N3O4. The summed E-state index contributed by atoms with van der Waals surface area (Å²) in [6.45, 7) is 13.4. The fourth-order valence-electron chi connectivity index (χ4n) is 4.70. The number of carbonyl (C=O) groups excluding carboxylic acids is 3. The molecule has 0 spiro atoms. The summed E-state index contributed by atoms with van der Waals surface area (Å²) in [6, 6.07) is 4.46. The van der Waals surface area contributed by atoms with E-state index in [0.717, 1.165) is 55.2 Å². The molecule has 0 heterocycles. The Balaban J connectivity index is 2.40. The Labute approximate surface area is 211 Å². The van der Waals surface area contributed by atoms with Crippen LogP contribution in [0.3, 0.4) is 0 Å². The molecule has 196 valence electrons. The number of aryl methyl sites for hydroxylation is 2. The van der Waals surface area contributed by atoms with Crippen LogP contribution in [0.4, 0.5) is 4.79 Å². The molecule has 0 saturated heterocycles. The molecule has 1 aliphatic carbocycles. The van der Waals surface area contributed by atoms with Gasteiger partial charge in [0.05, 0.1) is 0 Å². The van der Waals surface area contributed by atoms with E-state index in [9.17, 15) is 14.4 Å².